The number of nitrogens with zero attached hydrogens (tertiary/aromatic N) is 4. The van der Waals surface area contributed by atoms with E-state index in [1.807, 2.05) is 4.98 Å². The molecule has 200 valence electrons. The zero-order valence-electron chi connectivity index (χ0n) is 18.5. The number of H-pyrrole nitrogens is 1. The summed E-state index contributed by atoms with van der Waals surface area (Å²) in [6.07, 6.45) is -10.9. The maximum atomic E-state index is 13.4. The van der Waals surface area contributed by atoms with Gasteiger partial charge in [0.1, 0.15) is 12.2 Å². The van der Waals surface area contributed by atoms with E-state index in [4.69, 9.17) is 23.8 Å². The molecule has 1 aromatic carbocycles. The van der Waals surface area contributed by atoms with E-state index in [2.05, 4.69) is 10.0 Å². The maximum absolute atomic E-state index is 13.4. The van der Waals surface area contributed by atoms with Crippen molar-refractivity contribution in [3.05, 3.63) is 78.9 Å². The van der Waals surface area contributed by atoms with Crippen LogP contribution >= 0.6 is 7.82 Å². The van der Waals surface area contributed by atoms with Gasteiger partial charge in [0.2, 0.25) is 5.72 Å². The van der Waals surface area contributed by atoms with E-state index in [1.165, 1.54) is 12.1 Å². The highest BCUT2D eigenvalue weighted by molar-refractivity contribution is 7.48. The molecule has 2 fully saturated rings. The number of phosphoric acid groups is 1. The second kappa shape index (κ2) is 10.0. The third kappa shape index (κ3) is 5.35. The number of hydrogen-bond donors (Lipinski definition) is 3. The highest BCUT2D eigenvalue weighted by atomic mass is 31.2. The van der Waals surface area contributed by atoms with Crippen LogP contribution in [0.3, 0.4) is 0 Å². The normalized spacial score (nSPS) is 32.1. The number of aromatic nitrogens is 2. The van der Waals surface area contributed by atoms with Crippen LogP contribution in [-0.4, -0.2) is 50.9 Å². The van der Waals surface area contributed by atoms with Gasteiger partial charge in [0, 0.05) is 23.6 Å². The molecule has 2 saturated heterocycles. The first-order chi connectivity index (χ1) is 17.4. The summed E-state index contributed by atoms with van der Waals surface area (Å²) in [5, 5.41) is 24.3. The van der Waals surface area contributed by atoms with Crippen molar-refractivity contribution in [1.29, 1.82) is 0 Å². The summed E-state index contributed by atoms with van der Waals surface area (Å²) in [6.45, 7) is -1.39. The molecule has 0 radical (unpaired) electrons. The average molecular weight is 549 g/mol. The second-order valence-electron chi connectivity index (χ2n) is 8.02. The minimum absolute atomic E-state index is 0.100. The number of halogens is 3. The van der Waals surface area contributed by atoms with Crippen LogP contribution in [0.5, 0.6) is 0 Å². The van der Waals surface area contributed by atoms with Crippen molar-refractivity contribution >= 4 is 7.82 Å². The first-order valence-corrected chi connectivity index (χ1v) is 12.0. The highest BCUT2D eigenvalue weighted by Gasteiger charge is 2.56. The van der Waals surface area contributed by atoms with E-state index < -0.39 is 67.7 Å². The molecule has 6 atom stereocenters. The van der Waals surface area contributed by atoms with Crippen LogP contribution in [0.15, 0.2) is 51.2 Å². The fourth-order valence-corrected chi connectivity index (χ4v) is 5.32. The molecule has 2 aromatic rings. The standard InChI is InChI=1S/C19H19F3N5O9P/c20-19(21,22)11-4-2-1-3-10(11)12-6-8-33-37(32,36-12)34-9-18(25-26-23)15(30)14(29)16(35-18)27-7-5-13(28)24-17(27)31/h1-5,7,12,14-16,29-30H,6,8-9H2,(H,24,28,31)/t12-,14-,15+,16-,18-,37+/m1/s1. The van der Waals surface area contributed by atoms with Crippen molar-refractivity contribution in [3.63, 3.8) is 0 Å². The zero-order valence-corrected chi connectivity index (χ0v) is 19.4. The lowest BCUT2D eigenvalue weighted by molar-refractivity contribution is -0.140. The van der Waals surface area contributed by atoms with Crippen LogP contribution in [0.4, 0.5) is 13.2 Å². The van der Waals surface area contributed by atoms with Crippen molar-refractivity contribution in [1.82, 2.24) is 9.55 Å². The van der Waals surface area contributed by atoms with Crippen molar-refractivity contribution in [2.24, 2.45) is 5.11 Å². The van der Waals surface area contributed by atoms with Crippen LogP contribution < -0.4 is 11.2 Å². The predicted octanol–water partition coefficient (Wildman–Crippen LogP) is 2.12. The van der Waals surface area contributed by atoms with Crippen LogP contribution in [-0.2, 0) is 29.0 Å². The molecule has 0 spiro atoms. The molecular weight excluding hydrogens is 530 g/mol. The van der Waals surface area contributed by atoms with Gasteiger partial charge in [-0.3, -0.25) is 27.9 Å². The van der Waals surface area contributed by atoms with Crippen LogP contribution in [0.25, 0.3) is 10.4 Å². The molecule has 3 N–H and O–H groups in total. The lowest BCUT2D eigenvalue weighted by atomic mass is 10.00. The van der Waals surface area contributed by atoms with E-state index in [-0.39, 0.29) is 18.6 Å². The minimum atomic E-state index is -4.72. The second-order valence-corrected chi connectivity index (χ2v) is 9.64. The molecule has 0 unspecified atom stereocenters. The summed E-state index contributed by atoms with van der Waals surface area (Å²) in [5.41, 5.74) is 3.44. The summed E-state index contributed by atoms with van der Waals surface area (Å²) in [5.74, 6) is 0. The molecule has 1 aromatic heterocycles. The molecule has 0 saturated carbocycles. The Morgan fingerprint density at radius 2 is 2.03 bits per heavy atom. The first kappa shape index (κ1) is 27.0. The number of aliphatic hydroxyl groups excluding tert-OH is 2. The van der Waals surface area contributed by atoms with E-state index in [1.54, 1.807) is 0 Å². The first-order valence-electron chi connectivity index (χ1n) is 10.5. The van der Waals surface area contributed by atoms with Crippen molar-refractivity contribution in [2.45, 2.75) is 42.9 Å². The van der Waals surface area contributed by atoms with Gasteiger partial charge in [-0.2, -0.15) is 13.2 Å². The van der Waals surface area contributed by atoms with Gasteiger partial charge in [0.05, 0.1) is 24.9 Å². The summed E-state index contributed by atoms with van der Waals surface area (Å²) < 4.78 is 75.1. The number of nitrogens with one attached hydrogen (secondary N) is 1. The molecule has 2 aliphatic rings. The third-order valence-electron chi connectivity index (χ3n) is 5.67. The molecule has 0 amide bonds. The number of aromatic amines is 1. The van der Waals surface area contributed by atoms with Gasteiger partial charge >= 0.3 is 19.7 Å². The van der Waals surface area contributed by atoms with Crippen LogP contribution in [0, 0.1) is 0 Å². The Hall–Kier alpha value is -3.01. The van der Waals surface area contributed by atoms with Gasteiger partial charge in [-0.15, -0.1) is 0 Å². The number of alkyl halides is 3. The highest BCUT2D eigenvalue weighted by Crippen LogP contribution is 2.58. The number of rotatable bonds is 6. The Bertz CT molecular complexity index is 1380. The van der Waals surface area contributed by atoms with E-state index in [0.29, 0.717) is 4.57 Å². The molecule has 4 rings (SSSR count). The average Bonchev–Trinajstić information content (AvgIpc) is 3.08. The van der Waals surface area contributed by atoms with Crippen LogP contribution in [0.1, 0.15) is 29.9 Å². The van der Waals surface area contributed by atoms with Gasteiger partial charge in [0.15, 0.2) is 6.23 Å². The molecular formula is C19H19F3N5O9P. The quantitative estimate of drug-likeness (QED) is 0.209. The topological polar surface area (TPSA) is 198 Å². The maximum Gasteiger partial charge on any atom is 0.475 e. The predicted molar refractivity (Wildman–Crippen MR) is 115 cm³/mol. The number of azide groups is 1. The number of hydrogen-bond acceptors (Lipinski definition) is 10. The van der Waals surface area contributed by atoms with Gasteiger partial charge in [0.25, 0.3) is 5.56 Å². The lowest BCUT2D eigenvalue weighted by Crippen LogP contribution is -2.45. The molecule has 0 aliphatic carbocycles. The summed E-state index contributed by atoms with van der Waals surface area (Å²) >= 11 is 0. The number of aliphatic hydroxyl groups is 2. The van der Waals surface area contributed by atoms with Crippen molar-refractivity contribution in [3.8, 4) is 0 Å². The Kier molecular flexibility index (Phi) is 7.34. The molecule has 0 bridgehead atoms. The van der Waals surface area contributed by atoms with Gasteiger partial charge in [-0.25, -0.2) is 9.36 Å². The number of benzene rings is 1. The Morgan fingerprint density at radius 1 is 1.30 bits per heavy atom. The van der Waals surface area contributed by atoms with Gasteiger partial charge in [-0.1, -0.05) is 23.3 Å². The lowest BCUT2D eigenvalue weighted by Gasteiger charge is -2.33. The molecule has 14 nitrogen and oxygen atoms in total. The zero-order chi connectivity index (χ0) is 27.0. The van der Waals surface area contributed by atoms with Crippen molar-refractivity contribution in [2.75, 3.05) is 13.2 Å². The van der Waals surface area contributed by atoms with Crippen molar-refractivity contribution < 1.29 is 46.3 Å². The third-order valence-corrected chi connectivity index (χ3v) is 7.13. The molecule has 37 heavy (non-hydrogen) atoms. The van der Waals surface area contributed by atoms with E-state index in [0.717, 1.165) is 24.4 Å². The fourth-order valence-electron chi connectivity index (χ4n) is 3.92. The summed E-state index contributed by atoms with van der Waals surface area (Å²) in [7, 11) is -4.62. The molecule has 3 heterocycles. The van der Waals surface area contributed by atoms with Crippen LogP contribution in [0.2, 0.25) is 0 Å². The Labute approximate surface area is 204 Å². The van der Waals surface area contributed by atoms with E-state index >= 15 is 0 Å². The number of ether oxygens (including phenoxy) is 1. The summed E-state index contributed by atoms with van der Waals surface area (Å²) in [6, 6.07) is 5.43. The van der Waals surface area contributed by atoms with Gasteiger partial charge in [-0.05, 0) is 17.2 Å². The minimum Gasteiger partial charge on any atom is -0.387 e. The van der Waals surface area contributed by atoms with E-state index in [9.17, 15) is 37.5 Å². The SMILES string of the molecule is [N-]=[N+]=N[C@]1(CO[P@]2(=O)OCC[C@H](c3ccccc3C(F)(F)F)O2)O[C@@H](n2ccc(=O)[nH]c2=O)[C@H](O)[C@@H]1O. The Morgan fingerprint density at radius 3 is 2.70 bits per heavy atom. The Balaban J connectivity index is 1.57. The van der Waals surface area contributed by atoms with Gasteiger partial charge < -0.3 is 14.9 Å². The molecule has 18 heteroatoms. The summed E-state index contributed by atoms with van der Waals surface area (Å²) in [4.78, 5) is 27.9. The fraction of sp³-hybridized carbons (Fsp3) is 0.474. The monoisotopic (exact) mass is 549 g/mol. The number of phosphoric ester groups is 1. The molecule has 2 aliphatic heterocycles. The largest absolute Gasteiger partial charge is 0.475 e. The smallest absolute Gasteiger partial charge is 0.387 e.